The summed E-state index contributed by atoms with van der Waals surface area (Å²) >= 11 is 3.48. The van der Waals surface area contributed by atoms with E-state index in [0.29, 0.717) is 15.8 Å². The van der Waals surface area contributed by atoms with Gasteiger partial charge in [-0.1, -0.05) is 60.7 Å². The van der Waals surface area contributed by atoms with Gasteiger partial charge in [0.1, 0.15) is 11.8 Å². The molecule has 3 aromatic rings. The molecule has 0 spiro atoms. The van der Waals surface area contributed by atoms with Crippen LogP contribution in [0.1, 0.15) is 27.4 Å². The molecule has 5 nitrogen and oxygen atoms in total. The second-order valence-corrected chi connectivity index (χ2v) is 9.26. The second-order valence-electron chi connectivity index (χ2n) is 8.41. The molecule has 0 unspecified atom stereocenters. The molecule has 1 saturated heterocycles. The summed E-state index contributed by atoms with van der Waals surface area (Å²) in [6.45, 7) is 0. The molecule has 5 rings (SSSR count). The number of hydrogen-bond acceptors (Lipinski definition) is 5. The van der Waals surface area contributed by atoms with Gasteiger partial charge in [0.15, 0.2) is 11.2 Å². The van der Waals surface area contributed by atoms with Crippen LogP contribution < -0.4 is 9.64 Å². The maximum absolute atomic E-state index is 14.2. The molecular weight excluding hydrogens is 490 g/mol. The minimum absolute atomic E-state index is 0.153. The van der Waals surface area contributed by atoms with E-state index in [1.807, 2.05) is 71.6 Å². The highest BCUT2D eigenvalue weighted by Gasteiger charge is 2.63. The molecule has 0 aliphatic carbocycles. The lowest BCUT2D eigenvalue weighted by Gasteiger charge is -2.35. The highest BCUT2D eigenvalue weighted by Crippen LogP contribution is 2.55. The summed E-state index contributed by atoms with van der Waals surface area (Å²) in [6.07, 6.45) is 3.83. The number of ketones is 1. The first-order chi connectivity index (χ1) is 16.6. The van der Waals surface area contributed by atoms with Crippen molar-refractivity contribution >= 4 is 33.5 Å². The van der Waals surface area contributed by atoms with Gasteiger partial charge >= 0.3 is 0 Å². The van der Waals surface area contributed by atoms with Crippen LogP contribution in [0, 0.1) is 28.1 Å². The molecule has 3 atom stereocenters. The summed E-state index contributed by atoms with van der Waals surface area (Å²) in [6, 6.07) is 25.8. The van der Waals surface area contributed by atoms with Crippen LogP contribution in [0.3, 0.4) is 0 Å². The Kier molecular flexibility index (Phi) is 5.48. The highest BCUT2D eigenvalue weighted by molar-refractivity contribution is 9.10. The molecule has 2 aliphatic rings. The van der Waals surface area contributed by atoms with E-state index >= 15 is 0 Å². The number of Topliss-reactive ketones (excluding diaryl/α,β-unsaturated/α-hetero) is 1. The number of ether oxygens (including phenoxy) is 1. The van der Waals surface area contributed by atoms with Crippen LogP contribution in [0.15, 0.2) is 83.3 Å². The summed E-state index contributed by atoms with van der Waals surface area (Å²) in [4.78, 5) is 16.2. The summed E-state index contributed by atoms with van der Waals surface area (Å²) in [5.74, 6) is -0.187. The summed E-state index contributed by atoms with van der Waals surface area (Å²) in [7, 11) is 1.57. The third kappa shape index (κ3) is 3.15. The fraction of sp³-hybridized carbons (Fsp3) is 0.179. The molecule has 0 saturated carbocycles. The molecule has 2 aliphatic heterocycles. The number of nitriles is 2. The summed E-state index contributed by atoms with van der Waals surface area (Å²) in [5, 5.41) is 20.9. The fourth-order valence-corrected chi connectivity index (χ4v) is 5.80. The maximum atomic E-state index is 14.2. The molecule has 6 heteroatoms. The number of nitrogens with zero attached hydrogens (tertiary/aromatic N) is 3. The molecule has 0 amide bonds. The minimum atomic E-state index is -1.45. The Morgan fingerprint density at radius 2 is 1.74 bits per heavy atom. The van der Waals surface area contributed by atoms with Crippen molar-refractivity contribution in [1.82, 2.24) is 0 Å². The molecule has 3 aromatic carbocycles. The normalized spacial score (nSPS) is 21.6. The Balaban J connectivity index is 1.76. The van der Waals surface area contributed by atoms with Crippen molar-refractivity contribution in [3.05, 3.63) is 100 Å². The first kappa shape index (κ1) is 21.9. The first-order valence-electron chi connectivity index (χ1n) is 10.9. The second kappa shape index (κ2) is 8.48. The summed E-state index contributed by atoms with van der Waals surface area (Å²) in [5.41, 5.74) is 1.61. The molecule has 34 heavy (non-hydrogen) atoms. The SMILES string of the molecule is COc1ccc(C(=O)[C@H]2[C@H](c3ccccc3)C(C#N)(C#N)[C@@H]3C=Cc4ccccc4N32)cc1Br. The molecule has 0 bridgehead atoms. The van der Waals surface area contributed by atoms with Gasteiger partial charge in [-0.15, -0.1) is 0 Å². The molecule has 2 heterocycles. The maximum Gasteiger partial charge on any atom is 0.186 e. The van der Waals surface area contributed by atoms with E-state index in [0.717, 1.165) is 16.8 Å². The van der Waals surface area contributed by atoms with E-state index in [1.165, 1.54) is 0 Å². The van der Waals surface area contributed by atoms with E-state index in [9.17, 15) is 15.3 Å². The molecule has 0 aromatic heterocycles. The van der Waals surface area contributed by atoms with Crippen LogP contribution in [0.4, 0.5) is 5.69 Å². The van der Waals surface area contributed by atoms with Gasteiger partial charge in [0.2, 0.25) is 0 Å². The predicted octanol–water partition coefficient (Wildman–Crippen LogP) is 5.74. The van der Waals surface area contributed by atoms with Crippen LogP contribution in [0.2, 0.25) is 0 Å². The number of carbonyl (C=O) groups excluding carboxylic acids is 1. The lowest BCUT2D eigenvalue weighted by Crippen LogP contribution is -2.44. The van der Waals surface area contributed by atoms with Crippen molar-refractivity contribution < 1.29 is 9.53 Å². The number of benzene rings is 3. The van der Waals surface area contributed by atoms with Gasteiger partial charge in [-0.3, -0.25) is 4.79 Å². The first-order valence-corrected chi connectivity index (χ1v) is 11.7. The van der Waals surface area contributed by atoms with Gasteiger partial charge < -0.3 is 9.64 Å². The van der Waals surface area contributed by atoms with Crippen molar-refractivity contribution in [3.63, 3.8) is 0 Å². The van der Waals surface area contributed by atoms with Gasteiger partial charge in [-0.2, -0.15) is 10.5 Å². The zero-order valence-electron chi connectivity index (χ0n) is 18.4. The van der Waals surface area contributed by atoms with Crippen LogP contribution >= 0.6 is 15.9 Å². The van der Waals surface area contributed by atoms with Crippen LogP contribution in [-0.4, -0.2) is 25.0 Å². The number of rotatable bonds is 4. The van der Waals surface area contributed by atoms with Gasteiger partial charge in [0.05, 0.1) is 29.8 Å². The van der Waals surface area contributed by atoms with Gasteiger partial charge in [-0.05, 0) is 51.3 Å². The lowest BCUT2D eigenvalue weighted by atomic mass is 9.69. The predicted molar refractivity (Wildman–Crippen MR) is 133 cm³/mol. The minimum Gasteiger partial charge on any atom is -0.496 e. The number of para-hydroxylation sites is 1. The average Bonchev–Trinajstić information content (AvgIpc) is 3.19. The van der Waals surface area contributed by atoms with Gasteiger partial charge in [-0.25, -0.2) is 0 Å². The smallest absolute Gasteiger partial charge is 0.186 e. The Bertz CT molecular complexity index is 1370. The van der Waals surface area contributed by atoms with E-state index in [1.54, 1.807) is 25.3 Å². The summed E-state index contributed by atoms with van der Waals surface area (Å²) < 4.78 is 6.00. The number of hydrogen-bond donors (Lipinski definition) is 0. The Labute approximate surface area is 206 Å². The lowest BCUT2D eigenvalue weighted by molar-refractivity contribution is 0.0951. The number of methoxy groups -OCH3 is 1. The quantitative estimate of drug-likeness (QED) is 0.419. The molecule has 0 radical (unpaired) electrons. The van der Waals surface area contributed by atoms with Gasteiger partial charge in [0, 0.05) is 17.2 Å². The van der Waals surface area contributed by atoms with Crippen LogP contribution in [-0.2, 0) is 0 Å². The van der Waals surface area contributed by atoms with E-state index < -0.39 is 23.4 Å². The van der Waals surface area contributed by atoms with Crippen molar-refractivity contribution in [2.24, 2.45) is 5.41 Å². The van der Waals surface area contributed by atoms with Crippen molar-refractivity contribution in [2.75, 3.05) is 12.0 Å². The standard InChI is InChI=1S/C28H20BrN3O2/c1-34-23-13-11-20(15-21(23)29)27(33)26-25(19-8-3-2-4-9-19)28(16-30,17-31)24-14-12-18-7-5-6-10-22(18)32(24)26/h2-15,24-26H,1H3/t24-,25-,26+/m0/s1. The molecule has 166 valence electrons. The van der Waals surface area contributed by atoms with Crippen LogP contribution in [0.25, 0.3) is 6.08 Å². The Hall–Kier alpha value is -3.87. The number of carbonyl (C=O) groups is 1. The zero-order valence-corrected chi connectivity index (χ0v) is 19.9. The average molecular weight is 510 g/mol. The number of halogens is 1. The van der Waals surface area contributed by atoms with Crippen molar-refractivity contribution in [1.29, 1.82) is 10.5 Å². The van der Waals surface area contributed by atoms with Crippen molar-refractivity contribution in [2.45, 2.75) is 18.0 Å². The zero-order chi connectivity index (χ0) is 23.9. The molecule has 1 fully saturated rings. The Morgan fingerprint density at radius 3 is 2.41 bits per heavy atom. The Morgan fingerprint density at radius 1 is 1.03 bits per heavy atom. The van der Waals surface area contributed by atoms with E-state index in [4.69, 9.17) is 4.74 Å². The third-order valence-electron chi connectivity index (χ3n) is 6.78. The molecule has 0 N–H and O–H groups in total. The third-order valence-corrected chi connectivity index (χ3v) is 7.40. The van der Waals surface area contributed by atoms with Crippen LogP contribution in [0.5, 0.6) is 5.75 Å². The fourth-order valence-electron chi connectivity index (χ4n) is 5.26. The highest BCUT2D eigenvalue weighted by atomic mass is 79.9. The van der Waals surface area contributed by atoms with Gasteiger partial charge in [0.25, 0.3) is 0 Å². The number of fused-ring (bicyclic) bond motifs is 3. The van der Waals surface area contributed by atoms with Crippen molar-refractivity contribution in [3.8, 4) is 17.9 Å². The monoisotopic (exact) mass is 509 g/mol. The van der Waals surface area contributed by atoms with E-state index in [-0.39, 0.29) is 5.78 Å². The number of anilines is 1. The van der Waals surface area contributed by atoms with E-state index in [2.05, 4.69) is 28.1 Å². The molecular formula is C28H20BrN3O2. The largest absolute Gasteiger partial charge is 0.496 e. The topological polar surface area (TPSA) is 77.1 Å².